The van der Waals surface area contributed by atoms with Crippen LogP contribution in [0.15, 0.2) is 51.4 Å². The molecule has 104 valence electrons. The molecular formula is C15H11Br2FO2. The zero-order valence-electron chi connectivity index (χ0n) is 10.3. The van der Waals surface area contributed by atoms with Crippen LogP contribution in [0.1, 0.15) is 17.0 Å². The van der Waals surface area contributed by atoms with Gasteiger partial charge in [0.15, 0.2) is 0 Å². The second kappa shape index (κ2) is 6.50. The SMILES string of the molecule is O=C(O)C(Cc1cccc(F)c1Br)c1ccccc1Br. The fraction of sp³-hybridized carbons (Fsp3) is 0.133. The fourth-order valence-corrected chi connectivity index (χ4v) is 3.00. The van der Waals surface area contributed by atoms with Gasteiger partial charge in [0, 0.05) is 4.47 Å². The average Bonchev–Trinajstić information content (AvgIpc) is 2.41. The van der Waals surface area contributed by atoms with Crippen molar-refractivity contribution in [1.82, 2.24) is 0 Å². The second-order valence-electron chi connectivity index (χ2n) is 4.33. The molecule has 1 N–H and O–H groups in total. The van der Waals surface area contributed by atoms with Gasteiger partial charge in [0.2, 0.25) is 0 Å². The van der Waals surface area contributed by atoms with Crippen LogP contribution in [0.2, 0.25) is 0 Å². The number of aliphatic carboxylic acids is 1. The number of carboxylic acid groups (broad SMARTS) is 1. The minimum Gasteiger partial charge on any atom is -0.481 e. The van der Waals surface area contributed by atoms with Crippen LogP contribution in [-0.4, -0.2) is 11.1 Å². The quantitative estimate of drug-likeness (QED) is 0.801. The van der Waals surface area contributed by atoms with Gasteiger partial charge in [-0.15, -0.1) is 0 Å². The van der Waals surface area contributed by atoms with E-state index >= 15 is 0 Å². The van der Waals surface area contributed by atoms with Crippen molar-refractivity contribution in [3.05, 3.63) is 68.4 Å². The molecule has 0 aromatic heterocycles. The molecule has 2 nitrogen and oxygen atoms in total. The van der Waals surface area contributed by atoms with E-state index in [1.165, 1.54) is 6.07 Å². The molecule has 2 aromatic rings. The summed E-state index contributed by atoms with van der Waals surface area (Å²) < 4.78 is 14.6. The van der Waals surface area contributed by atoms with Crippen LogP contribution >= 0.6 is 31.9 Å². The van der Waals surface area contributed by atoms with Gasteiger partial charge in [0.05, 0.1) is 10.4 Å². The number of carboxylic acids is 1. The van der Waals surface area contributed by atoms with Gasteiger partial charge < -0.3 is 5.11 Å². The van der Waals surface area contributed by atoms with Crippen molar-refractivity contribution < 1.29 is 14.3 Å². The predicted octanol–water partition coefficient (Wildman–Crippen LogP) is 4.76. The molecule has 0 bridgehead atoms. The van der Waals surface area contributed by atoms with Gasteiger partial charge in [-0.2, -0.15) is 0 Å². The molecule has 0 fully saturated rings. The van der Waals surface area contributed by atoms with E-state index in [9.17, 15) is 14.3 Å². The summed E-state index contributed by atoms with van der Waals surface area (Å²) in [5.41, 5.74) is 1.31. The smallest absolute Gasteiger partial charge is 0.311 e. The second-order valence-corrected chi connectivity index (χ2v) is 5.98. The van der Waals surface area contributed by atoms with Gasteiger partial charge in [0.1, 0.15) is 5.82 Å². The molecule has 5 heteroatoms. The molecule has 0 aliphatic heterocycles. The normalized spacial score (nSPS) is 12.2. The first kappa shape index (κ1) is 15.2. The van der Waals surface area contributed by atoms with Crippen molar-refractivity contribution in [2.75, 3.05) is 0 Å². The first-order chi connectivity index (χ1) is 9.50. The molecule has 1 atom stereocenters. The van der Waals surface area contributed by atoms with E-state index in [2.05, 4.69) is 31.9 Å². The lowest BCUT2D eigenvalue weighted by molar-refractivity contribution is -0.138. The standard InChI is InChI=1S/C15H11Br2FO2/c16-12-6-2-1-5-10(12)11(15(19)20)8-9-4-3-7-13(18)14(9)17/h1-7,11H,8H2,(H,19,20). The molecule has 0 aliphatic carbocycles. The minimum atomic E-state index is -0.937. The predicted molar refractivity (Wildman–Crippen MR) is 82.3 cm³/mol. The highest BCUT2D eigenvalue weighted by molar-refractivity contribution is 9.10. The van der Waals surface area contributed by atoms with Gasteiger partial charge >= 0.3 is 5.97 Å². The van der Waals surface area contributed by atoms with E-state index < -0.39 is 17.7 Å². The van der Waals surface area contributed by atoms with Gasteiger partial charge in [-0.05, 0) is 45.6 Å². The summed E-state index contributed by atoms with van der Waals surface area (Å²) in [7, 11) is 0. The molecule has 0 heterocycles. The molecule has 0 aliphatic rings. The molecule has 0 spiro atoms. The molecule has 0 saturated heterocycles. The van der Waals surface area contributed by atoms with Crippen molar-refractivity contribution in [3.63, 3.8) is 0 Å². The Kier molecular flexibility index (Phi) is 4.94. The summed E-state index contributed by atoms with van der Waals surface area (Å²) >= 11 is 6.53. The summed E-state index contributed by atoms with van der Waals surface area (Å²) in [6.07, 6.45) is 0.219. The number of hydrogen-bond acceptors (Lipinski definition) is 1. The van der Waals surface area contributed by atoms with Crippen molar-refractivity contribution in [2.24, 2.45) is 0 Å². The molecule has 2 rings (SSSR count). The van der Waals surface area contributed by atoms with Crippen LogP contribution in [0.4, 0.5) is 4.39 Å². The number of rotatable bonds is 4. The third-order valence-corrected chi connectivity index (χ3v) is 4.64. The highest BCUT2D eigenvalue weighted by Crippen LogP contribution is 2.31. The van der Waals surface area contributed by atoms with Crippen molar-refractivity contribution in [1.29, 1.82) is 0 Å². The number of hydrogen-bond donors (Lipinski definition) is 1. The number of carbonyl (C=O) groups is 1. The lowest BCUT2D eigenvalue weighted by Gasteiger charge is -2.15. The van der Waals surface area contributed by atoms with E-state index in [0.717, 1.165) is 4.47 Å². The number of halogens is 3. The fourth-order valence-electron chi connectivity index (χ4n) is 2.01. The topological polar surface area (TPSA) is 37.3 Å². The molecule has 1 unspecified atom stereocenters. The van der Waals surface area contributed by atoms with Crippen LogP contribution in [-0.2, 0) is 11.2 Å². The van der Waals surface area contributed by atoms with E-state index in [1.807, 2.05) is 6.07 Å². The van der Waals surface area contributed by atoms with E-state index in [4.69, 9.17) is 0 Å². The molecule has 0 amide bonds. The van der Waals surface area contributed by atoms with Crippen LogP contribution in [0.5, 0.6) is 0 Å². The van der Waals surface area contributed by atoms with Gasteiger partial charge in [-0.3, -0.25) is 4.79 Å². The molecule has 20 heavy (non-hydrogen) atoms. The Morgan fingerprint density at radius 1 is 1.15 bits per heavy atom. The highest BCUT2D eigenvalue weighted by atomic mass is 79.9. The average molecular weight is 402 g/mol. The third kappa shape index (κ3) is 3.27. The third-order valence-electron chi connectivity index (χ3n) is 3.03. The molecular weight excluding hydrogens is 391 g/mol. The Morgan fingerprint density at radius 3 is 2.50 bits per heavy atom. The van der Waals surface area contributed by atoms with Crippen LogP contribution in [0.3, 0.4) is 0 Å². The summed E-state index contributed by atoms with van der Waals surface area (Å²) in [4.78, 5) is 11.5. The maximum atomic E-state index is 13.5. The Labute approximate surface area is 132 Å². The molecule has 0 radical (unpaired) electrons. The van der Waals surface area contributed by atoms with Gasteiger partial charge in [-0.1, -0.05) is 46.3 Å². The van der Waals surface area contributed by atoms with Crippen molar-refractivity contribution >= 4 is 37.8 Å². The van der Waals surface area contributed by atoms with Crippen LogP contribution in [0.25, 0.3) is 0 Å². The zero-order valence-corrected chi connectivity index (χ0v) is 13.5. The Morgan fingerprint density at radius 2 is 1.85 bits per heavy atom. The van der Waals surface area contributed by atoms with Crippen molar-refractivity contribution in [2.45, 2.75) is 12.3 Å². The number of benzene rings is 2. The molecule has 2 aromatic carbocycles. The van der Waals surface area contributed by atoms with Gasteiger partial charge in [-0.25, -0.2) is 4.39 Å². The summed E-state index contributed by atoms with van der Waals surface area (Å²) in [6, 6.07) is 11.8. The van der Waals surface area contributed by atoms with Crippen LogP contribution < -0.4 is 0 Å². The largest absolute Gasteiger partial charge is 0.481 e. The lowest BCUT2D eigenvalue weighted by Crippen LogP contribution is -2.15. The van der Waals surface area contributed by atoms with Crippen LogP contribution in [0, 0.1) is 5.82 Å². The Bertz CT molecular complexity index is 644. The van der Waals surface area contributed by atoms with Gasteiger partial charge in [0.25, 0.3) is 0 Å². The summed E-state index contributed by atoms with van der Waals surface area (Å²) in [5.74, 6) is -2.06. The first-order valence-corrected chi connectivity index (χ1v) is 7.49. The minimum absolute atomic E-state index is 0.219. The Balaban J connectivity index is 2.39. The lowest BCUT2D eigenvalue weighted by atomic mass is 9.92. The zero-order chi connectivity index (χ0) is 14.7. The summed E-state index contributed by atoms with van der Waals surface area (Å²) in [6.45, 7) is 0. The van der Waals surface area contributed by atoms with Crippen molar-refractivity contribution in [3.8, 4) is 0 Å². The van der Waals surface area contributed by atoms with E-state index in [-0.39, 0.29) is 6.42 Å². The highest BCUT2D eigenvalue weighted by Gasteiger charge is 2.23. The molecule has 0 saturated carbocycles. The van der Waals surface area contributed by atoms with E-state index in [0.29, 0.717) is 15.6 Å². The monoisotopic (exact) mass is 400 g/mol. The maximum Gasteiger partial charge on any atom is 0.311 e. The van der Waals surface area contributed by atoms with E-state index in [1.54, 1.807) is 30.3 Å². The maximum absolute atomic E-state index is 13.5. The Hall–Kier alpha value is -1.20. The summed E-state index contributed by atoms with van der Waals surface area (Å²) in [5, 5.41) is 9.44. The first-order valence-electron chi connectivity index (χ1n) is 5.91.